The number of hydrogen-bond acceptors (Lipinski definition) is 7. The van der Waals surface area contributed by atoms with Gasteiger partial charge < -0.3 is 10.1 Å². The molecule has 9 heteroatoms. The van der Waals surface area contributed by atoms with E-state index in [-0.39, 0.29) is 6.10 Å². The highest BCUT2D eigenvalue weighted by Crippen LogP contribution is 2.24. The van der Waals surface area contributed by atoms with Gasteiger partial charge in [0.1, 0.15) is 11.9 Å². The van der Waals surface area contributed by atoms with Gasteiger partial charge >= 0.3 is 0 Å². The molecule has 0 bridgehead atoms. The number of anilines is 2. The zero-order valence-electron chi connectivity index (χ0n) is 17.8. The van der Waals surface area contributed by atoms with Gasteiger partial charge in [0.15, 0.2) is 11.5 Å². The van der Waals surface area contributed by atoms with E-state index in [9.17, 15) is 0 Å². The van der Waals surface area contributed by atoms with Gasteiger partial charge in [0.2, 0.25) is 5.95 Å². The number of pyridine rings is 1. The molecular formula is C23H22N8O. The number of aromatic nitrogens is 7. The highest BCUT2D eigenvalue weighted by Gasteiger charge is 2.19. The van der Waals surface area contributed by atoms with Crippen molar-refractivity contribution in [3.63, 3.8) is 0 Å². The summed E-state index contributed by atoms with van der Waals surface area (Å²) in [5, 5.41) is 16.1. The van der Waals surface area contributed by atoms with E-state index in [0.29, 0.717) is 5.95 Å². The van der Waals surface area contributed by atoms with Crippen molar-refractivity contribution in [1.29, 1.82) is 0 Å². The quantitative estimate of drug-likeness (QED) is 0.425. The average Bonchev–Trinajstić information content (AvgIpc) is 3.44. The molecule has 1 atom stereocenters. The summed E-state index contributed by atoms with van der Waals surface area (Å²) in [6.07, 6.45) is 5.91. The second kappa shape index (κ2) is 8.56. The lowest BCUT2D eigenvalue weighted by atomic mass is 10.1. The normalized spacial score (nSPS) is 12.2. The summed E-state index contributed by atoms with van der Waals surface area (Å²) in [5.41, 5.74) is 3.61. The van der Waals surface area contributed by atoms with Gasteiger partial charge in [-0.05, 0) is 23.8 Å². The summed E-state index contributed by atoms with van der Waals surface area (Å²) in [6, 6.07) is 17.9. The number of methoxy groups -OCH3 is 1. The molecule has 0 saturated heterocycles. The van der Waals surface area contributed by atoms with Crippen molar-refractivity contribution in [1.82, 2.24) is 34.3 Å². The molecule has 4 aromatic heterocycles. The summed E-state index contributed by atoms with van der Waals surface area (Å²) in [4.78, 5) is 8.94. The highest BCUT2D eigenvalue weighted by atomic mass is 16.5. The minimum Gasteiger partial charge on any atom is -0.373 e. The predicted molar refractivity (Wildman–Crippen MR) is 120 cm³/mol. The van der Waals surface area contributed by atoms with E-state index in [1.54, 1.807) is 24.2 Å². The van der Waals surface area contributed by atoms with E-state index in [1.165, 1.54) is 5.56 Å². The van der Waals surface area contributed by atoms with E-state index in [2.05, 4.69) is 42.7 Å². The van der Waals surface area contributed by atoms with Crippen LogP contribution in [0.5, 0.6) is 0 Å². The summed E-state index contributed by atoms with van der Waals surface area (Å²) >= 11 is 0. The van der Waals surface area contributed by atoms with Crippen LogP contribution in [0.15, 0.2) is 73.2 Å². The van der Waals surface area contributed by atoms with Crippen LogP contribution in [0, 0.1) is 0 Å². The van der Waals surface area contributed by atoms with Gasteiger partial charge in [0, 0.05) is 44.6 Å². The molecule has 0 aliphatic heterocycles. The van der Waals surface area contributed by atoms with Crippen LogP contribution < -0.4 is 5.32 Å². The molecule has 0 saturated carbocycles. The number of nitrogens with one attached hydrogen (secondary N) is 1. The molecule has 5 rings (SSSR count). The maximum Gasteiger partial charge on any atom is 0.228 e. The molecule has 0 aliphatic rings. The number of nitrogens with zero attached hydrogens (tertiary/aromatic N) is 7. The van der Waals surface area contributed by atoms with Crippen LogP contribution in [0.2, 0.25) is 0 Å². The molecule has 1 unspecified atom stereocenters. The van der Waals surface area contributed by atoms with Crippen LogP contribution in [-0.2, 0) is 18.2 Å². The molecule has 4 heterocycles. The first-order chi connectivity index (χ1) is 15.7. The first kappa shape index (κ1) is 19.8. The molecule has 9 nitrogen and oxygen atoms in total. The molecule has 0 radical (unpaired) electrons. The number of benzene rings is 1. The van der Waals surface area contributed by atoms with Gasteiger partial charge in [-0.2, -0.15) is 5.10 Å². The van der Waals surface area contributed by atoms with Crippen molar-refractivity contribution in [3.8, 4) is 11.3 Å². The Hall–Kier alpha value is -4.11. The van der Waals surface area contributed by atoms with Crippen molar-refractivity contribution >= 4 is 17.4 Å². The fraction of sp³-hybridized carbons (Fsp3) is 0.174. The maximum atomic E-state index is 5.74. The first-order valence-electron chi connectivity index (χ1n) is 10.2. The summed E-state index contributed by atoms with van der Waals surface area (Å²) in [7, 11) is 3.55. The third kappa shape index (κ3) is 3.93. The Morgan fingerprint density at radius 2 is 1.91 bits per heavy atom. The zero-order valence-corrected chi connectivity index (χ0v) is 17.8. The summed E-state index contributed by atoms with van der Waals surface area (Å²) < 4.78 is 9.42. The van der Waals surface area contributed by atoms with Crippen LogP contribution in [0.1, 0.15) is 17.5 Å². The topological polar surface area (TPSA) is 95.0 Å². The van der Waals surface area contributed by atoms with Gasteiger partial charge in [-0.1, -0.05) is 30.3 Å². The molecule has 1 aromatic carbocycles. The Balaban J connectivity index is 1.42. The Morgan fingerprint density at radius 3 is 2.69 bits per heavy atom. The fourth-order valence-corrected chi connectivity index (χ4v) is 3.59. The van der Waals surface area contributed by atoms with E-state index in [1.807, 2.05) is 60.1 Å². The minimum atomic E-state index is -0.202. The van der Waals surface area contributed by atoms with Crippen molar-refractivity contribution in [2.24, 2.45) is 7.05 Å². The maximum absolute atomic E-state index is 5.74. The van der Waals surface area contributed by atoms with Crippen molar-refractivity contribution in [2.45, 2.75) is 12.5 Å². The molecule has 160 valence electrons. The van der Waals surface area contributed by atoms with E-state index in [4.69, 9.17) is 4.74 Å². The van der Waals surface area contributed by atoms with Gasteiger partial charge in [-0.15, -0.1) is 10.2 Å². The van der Waals surface area contributed by atoms with Crippen LogP contribution in [-0.4, -0.2) is 41.5 Å². The van der Waals surface area contributed by atoms with E-state index >= 15 is 0 Å². The SMILES string of the molecule is COC(Cc1ccccc1)c1nnc2cc(-c3ccnc(Nc4ccnn4C)n3)ccn12. The molecule has 0 amide bonds. The number of ether oxygens (including phenoxy) is 1. The fourth-order valence-electron chi connectivity index (χ4n) is 3.59. The molecule has 0 aliphatic carbocycles. The van der Waals surface area contributed by atoms with Gasteiger partial charge in [-0.25, -0.2) is 9.97 Å². The number of aryl methyl sites for hydroxylation is 1. The zero-order chi connectivity index (χ0) is 21.9. The monoisotopic (exact) mass is 426 g/mol. The first-order valence-corrected chi connectivity index (χ1v) is 10.2. The molecule has 0 fully saturated rings. The van der Waals surface area contributed by atoms with E-state index in [0.717, 1.165) is 35.0 Å². The predicted octanol–water partition coefficient (Wildman–Crippen LogP) is 3.59. The van der Waals surface area contributed by atoms with Gasteiger partial charge in [0.05, 0.1) is 11.9 Å². The summed E-state index contributed by atoms with van der Waals surface area (Å²) in [5.74, 6) is 2.07. The van der Waals surface area contributed by atoms with Crippen molar-refractivity contribution < 1.29 is 4.74 Å². The second-order valence-electron chi connectivity index (χ2n) is 7.35. The summed E-state index contributed by atoms with van der Waals surface area (Å²) in [6.45, 7) is 0. The lowest BCUT2D eigenvalue weighted by Crippen LogP contribution is -2.09. The molecule has 5 aromatic rings. The van der Waals surface area contributed by atoms with Crippen LogP contribution >= 0.6 is 0 Å². The standard InChI is InChI=1S/C23H22N8O/c1-30-20(9-12-25-30)27-23-24-11-8-18(26-23)17-10-13-31-21(15-17)28-29-22(31)19(32-2)14-16-6-4-3-5-7-16/h3-13,15,19H,14H2,1-2H3,(H,24,26,27). The van der Waals surface area contributed by atoms with Crippen molar-refractivity contribution in [2.75, 3.05) is 12.4 Å². The lowest BCUT2D eigenvalue weighted by Gasteiger charge is -2.14. The number of rotatable bonds is 7. The smallest absolute Gasteiger partial charge is 0.228 e. The molecule has 1 N–H and O–H groups in total. The van der Waals surface area contributed by atoms with Crippen molar-refractivity contribution in [3.05, 3.63) is 84.6 Å². The van der Waals surface area contributed by atoms with Gasteiger partial charge in [0.25, 0.3) is 0 Å². The van der Waals surface area contributed by atoms with Crippen LogP contribution in [0.4, 0.5) is 11.8 Å². The third-order valence-electron chi connectivity index (χ3n) is 5.28. The molecule has 32 heavy (non-hydrogen) atoms. The second-order valence-corrected chi connectivity index (χ2v) is 7.35. The Bertz CT molecular complexity index is 1340. The highest BCUT2D eigenvalue weighted by molar-refractivity contribution is 5.65. The molecule has 0 spiro atoms. The Kier molecular flexibility index (Phi) is 5.30. The number of hydrogen-bond donors (Lipinski definition) is 1. The number of fused-ring (bicyclic) bond motifs is 1. The average molecular weight is 426 g/mol. The minimum absolute atomic E-state index is 0.202. The largest absolute Gasteiger partial charge is 0.373 e. The van der Waals surface area contributed by atoms with Crippen LogP contribution in [0.3, 0.4) is 0 Å². The van der Waals surface area contributed by atoms with Gasteiger partial charge in [-0.3, -0.25) is 9.08 Å². The Morgan fingerprint density at radius 1 is 1.03 bits per heavy atom. The Labute approximate surface area is 184 Å². The lowest BCUT2D eigenvalue weighted by molar-refractivity contribution is 0.0952. The third-order valence-corrected chi connectivity index (χ3v) is 5.28. The molecular weight excluding hydrogens is 404 g/mol. The van der Waals surface area contributed by atoms with Crippen LogP contribution in [0.25, 0.3) is 16.9 Å². The van der Waals surface area contributed by atoms with E-state index < -0.39 is 0 Å².